The van der Waals surface area contributed by atoms with Crippen LogP contribution in [0.5, 0.6) is 0 Å². The van der Waals surface area contributed by atoms with E-state index in [1.54, 1.807) is 4.52 Å². The standard InChI is InChI=1S/C25H29FN8O/c1-15-22(29-19-6-4-3-5-18(19)27-15)20-13-21-30-23(33-12-9-16(26)14-33)31-24(34(21)32-20)28-17-7-10-25(2,35)11-8-17/h3-6,13,16-17,35H,7-12,14H2,1-2H3,(H,28,30,31)/t16-,17?,25?/m1/s1. The van der Waals surface area contributed by atoms with Crippen LogP contribution in [-0.2, 0) is 0 Å². The zero-order valence-corrected chi connectivity index (χ0v) is 19.9. The van der Waals surface area contributed by atoms with Crippen LogP contribution in [0.25, 0.3) is 28.1 Å². The molecule has 2 fully saturated rings. The van der Waals surface area contributed by atoms with E-state index in [0.29, 0.717) is 41.9 Å². The first-order valence-corrected chi connectivity index (χ1v) is 12.2. The molecule has 6 rings (SSSR count). The molecule has 0 unspecified atom stereocenters. The number of halogens is 1. The van der Waals surface area contributed by atoms with E-state index in [-0.39, 0.29) is 12.6 Å². The minimum Gasteiger partial charge on any atom is -0.390 e. The monoisotopic (exact) mass is 476 g/mol. The highest BCUT2D eigenvalue weighted by atomic mass is 19.1. The van der Waals surface area contributed by atoms with Crippen LogP contribution in [0.3, 0.4) is 0 Å². The summed E-state index contributed by atoms with van der Waals surface area (Å²) in [6.07, 6.45) is 2.70. The highest BCUT2D eigenvalue weighted by Crippen LogP contribution is 2.31. The van der Waals surface area contributed by atoms with E-state index in [9.17, 15) is 9.50 Å². The zero-order chi connectivity index (χ0) is 24.2. The summed E-state index contributed by atoms with van der Waals surface area (Å²) in [5.41, 5.74) is 3.77. The van der Waals surface area contributed by atoms with E-state index in [1.165, 1.54) is 0 Å². The van der Waals surface area contributed by atoms with Gasteiger partial charge in [0, 0.05) is 18.7 Å². The van der Waals surface area contributed by atoms with Gasteiger partial charge in [0.15, 0.2) is 5.65 Å². The van der Waals surface area contributed by atoms with Crippen molar-refractivity contribution in [2.75, 3.05) is 23.3 Å². The van der Waals surface area contributed by atoms with Crippen molar-refractivity contribution in [2.45, 2.75) is 63.8 Å². The fourth-order valence-corrected chi connectivity index (χ4v) is 5.02. The van der Waals surface area contributed by atoms with Crippen molar-refractivity contribution < 1.29 is 9.50 Å². The number of rotatable bonds is 4. The van der Waals surface area contributed by atoms with Crippen molar-refractivity contribution in [1.82, 2.24) is 29.5 Å². The predicted molar refractivity (Wildman–Crippen MR) is 132 cm³/mol. The third-order valence-electron chi connectivity index (χ3n) is 7.11. The van der Waals surface area contributed by atoms with Crippen LogP contribution in [0.4, 0.5) is 16.3 Å². The Bertz CT molecular complexity index is 1390. The molecule has 1 aliphatic heterocycles. The lowest BCUT2D eigenvalue weighted by atomic mass is 9.84. The number of aliphatic hydroxyl groups is 1. The number of aryl methyl sites for hydroxylation is 1. The maximum atomic E-state index is 13.9. The summed E-state index contributed by atoms with van der Waals surface area (Å²) < 4.78 is 15.6. The molecular formula is C25H29FN8O. The second-order valence-corrected chi connectivity index (χ2v) is 10.0. The third kappa shape index (κ3) is 4.27. The fourth-order valence-electron chi connectivity index (χ4n) is 5.02. The van der Waals surface area contributed by atoms with Crippen LogP contribution < -0.4 is 10.2 Å². The molecule has 3 aromatic heterocycles. The van der Waals surface area contributed by atoms with Gasteiger partial charge >= 0.3 is 0 Å². The van der Waals surface area contributed by atoms with E-state index >= 15 is 0 Å². The molecule has 0 amide bonds. The van der Waals surface area contributed by atoms with Gasteiger partial charge in [-0.3, -0.25) is 0 Å². The van der Waals surface area contributed by atoms with Crippen LogP contribution in [0.1, 0.15) is 44.7 Å². The van der Waals surface area contributed by atoms with Gasteiger partial charge in [-0.25, -0.2) is 14.4 Å². The van der Waals surface area contributed by atoms with Gasteiger partial charge in [-0.1, -0.05) is 12.1 Å². The number of nitrogens with one attached hydrogen (secondary N) is 1. The van der Waals surface area contributed by atoms with Crippen molar-refractivity contribution in [3.05, 3.63) is 36.0 Å². The molecule has 35 heavy (non-hydrogen) atoms. The van der Waals surface area contributed by atoms with Gasteiger partial charge in [-0.2, -0.15) is 19.6 Å². The number of aromatic nitrogens is 6. The quantitative estimate of drug-likeness (QED) is 0.460. The lowest BCUT2D eigenvalue weighted by Crippen LogP contribution is -2.36. The molecule has 0 bridgehead atoms. The summed E-state index contributed by atoms with van der Waals surface area (Å²) in [4.78, 5) is 20.9. The molecule has 1 aliphatic carbocycles. The Morgan fingerprint density at radius 1 is 1.06 bits per heavy atom. The van der Waals surface area contributed by atoms with Gasteiger partial charge < -0.3 is 15.3 Å². The molecule has 182 valence electrons. The lowest BCUT2D eigenvalue weighted by Gasteiger charge is -2.33. The Morgan fingerprint density at radius 2 is 1.80 bits per heavy atom. The Kier molecular flexibility index (Phi) is 5.28. The minimum atomic E-state index is -0.872. The van der Waals surface area contributed by atoms with Crippen LogP contribution in [0, 0.1) is 6.92 Å². The van der Waals surface area contributed by atoms with Crippen molar-refractivity contribution in [3.63, 3.8) is 0 Å². The minimum absolute atomic E-state index is 0.156. The van der Waals surface area contributed by atoms with Crippen LogP contribution in [0.15, 0.2) is 30.3 Å². The van der Waals surface area contributed by atoms with Crippen molar-refractivity contribution in [2.24, 2.45) is 0 Å². The molecule has 2 N–H and O–H groups in total. The van der Waals surface area contributed by atoms with Gasteiger partial charge in [0.25, 0.3) is 0 Å². The van der Waals surface area contributed by atoms with Crippen molar-refractivity contribution in [3.8, 4) is 11.4 Å². The number of para-hydroxylation sites is 2. The van der Waals surface area contributed by atoms with Crippen molar-refractivity contribution in [1.29, 1.82) is 0 Å². The maximum Gasteiger partial charge on any atom is 0.230 e. The molecule has 1 atom stereocenters. The Labute approximate surface area is 202 Å². The molecule has 1 saturated carbocycles. The highest BCUT2D eigenvalue weighted by molar-refractivity contribution is 5.78. The first-order chi connectivity index (χ1) is 16.8. The van der Waals surface area contributed by atoms with Gasteiger partial charge in [-0.05, 0) is 58.1 Å². The summed E-state index contributed by atoms with van der Waals surface area (Å²) in [5, 5.41) is 18.7. The highest BCUT2D eigenvalue weighted by Gasteiger charge is 2.30. The average Bonchev–Trinajstić information content (AvgIpc) is 3.46. The molecular weight excluding hydrogens is 447 g/mol. The van der Waals surface area contributed by atoms with Crippen molar-refractivity contribution >= 4 is 28.6 Å². The smallest absolute Gasteiger partial charge is 0.230 e. The second-order valence-electron chi connectivity index (χ2n) is 10.0. The van der Waals surface area contributed by atoms with Crippen LogP contribution in [-0.4, -0.2) is 65.6 Å². The summed E-state index contributed by atoms with van der Waals surface area (Å²) in [7, 11) is 0. The number of nitrogens with zero attached hydrogens (tertiary/aromatic N) is 7. The molecule has 4 heterocycles. The van der Waals surface area contributed by atoms with Gasteiger partial charge in [0.05, 0.1) is 28.9 Å². The zero-order valence-electron chi connectivity index (χ0n) is 19.9. The summed E-state index contributed by atoms with van der Waals surface area (Å²) in [6, 6.07) is 9.81. The molecule has 9 nitrogen and oxygen atoms in total. The maximum absolute atomic E-state index is 13.9. The van der Waals surface area contributed by atoms with Crippen LogP contribution in [0.2, 0.25) is 0 Å². The van der Waals surface area contributed by atoms with E-state index in [2.05, 4.69) is 5.32 Å². The van der Waals surface area contributed by atoms with Gasteiger partial charge in [-0.15, -0.1) is 0 Å². The molecule has 0 spiro atoms. The molecule has 4 aromatic rings. The van der Waals surface area contributed by atoms with E-state index in [0.717, 1.165) is 42.4 Å². The fraction of sp³-hybridized carbons (Fsp3) is 0.480. The molecule has 1 saturated heterocycles. The third-order valence-corrected chi connectivity index (χ3v) is 7.11. The first kappa shape index (κ1) is 22.1. The number of alkyl halides is 1. The lowest BCUT2D eigenvalue weighted by molar-refractivity contribution is 0.0195. The molecule has 2 aliphatic rings. The van der Waals surface area contributed by atoms with E-state index in [4.69, 9.17) is 25.0 Å². The Morgan fingerprint density at radius 3 is 2.51 bits per heavy atom. The Hall–Kier alpha value is -3.40. The number of hydrogen-bond donors (Lipinski definition) is 2. The number of hydrogen-bond acceptors (Lipinski definition) is 8. The summed E-state index contributed by atoms with van der Waals surface area (Å²) >= 11 is 0. The average molecular weight is 477 g/mol. The Balaban J connectivity index is 1.42. The summed E-state index contributed by atoms with van der Waals surface area (Å²) in [6.45, 7) is 4.68. The predicted octanol–water partition coefficient (Wildman–Crippen LogP) is 3.70. The van der Waals surface area contributed by atoms with Crippen LogP contribution >= 0.6 is 0 Å². The number of anilines is 2. The molecule has 0 radical (unpaired) electrons. The van der Waals surface area contributed by atoms with E-state index < -0.39 is 11.8 Å². The van der Waals surface area contributed by atoms with Gasteiger partial charge in [0.2, 0.25) is 11.9 Å². The topological polar surface area (TPSA) is 104 Å². The SMILES string of the molecule is Cc1nc2ccccc2nc1-c1cc2nc(N3CC[C@@H](F)C3)nc(NC3CCC(C)(O)CC3)n2n1. The molecule has 10 heteroatoms. The van der Waals surface area contributed by atoms with Gasteiger partial charge in [0.1, 0.15) is 17.6 Å². The normalized spacial score (nSPS) is 25.0. The first-order valence-electron chi connectivity index (χ1n) is 12.2. The summed E-state index contributed by atoms with van der Waals surface area (Å²) in [5.74, 6) is 1.06. The van der Waals surface area contributed by atoms with E-state index in [1.807, 2.05) is 49.1 Å². The number of benzene rings is 1. The molecule has 1 aromatic carbocycles. The number of fused-ring (bicyclic) bond motifs is 2. The second kappa shape index (κ2) is 8.37. The largest absolute Gasteiger partial charge is 0.390 e.